The van der Waals surface area contributed by atoms with Crippen LogP contribution >= 0.6 is 0 Å². The number of likely N-dealkylation sites (N-methyl/N-ethyl adjacent to an activating group) is 1. The van der Waals surface area contributed by atoms with Gasteiger partial charge < -0.3 is 4.90 Å². The highest BCUT2D eigenvalue weighted by Crippen LogP contribution is 2.44. The molecular formula is C25H27N7. The molecule has 6 rings (SSSR count). The van der Waals surface area contributed by atoms with Gasteiger partial charge in [-0.3, -0.25) is 19.9 Å². The molecule has 0 amide bonds. The summed E-state index contributed by atoms with van der Waals surface area (Å²) in [6, 6.07) is 8.50. The molecule has 2 aromatic rings. The van der Waals surface area contributed by atoms with Gasteiger partial charge in [0, 0.05) is 42.9 Å². The van der Waals surface area contributed by atoms with Crippen molar-refractivity contribution in [2.24, 2.45) is 21.8 Å². The van der Waals surface area contributed by atoms with Gasteiger partial charge in [-0.1, -0.05) is 6.08 Å². The molecule has 1 aromatic heterocycles. The largest absolute Gasteiger partial charge is 0.368 e. The summed E-state index contributed by atoms with van der Waals surface area (Å²) in [5.41, 5.74) is 5.05. The fraction of sp³-hybridized carbons (Fsp3) is 0.480. The minimum atomic E-state index is -0.0272. The predicted molar refractivity (Wildman–Crippen MR) is 126 cm³/mol. The van der Waals surface area contributed by atoms with E-state index in [1.165, 1.54) is 18.5 Å². The van der Waals surface area contributed by atoms with Crippen LogP contribution in [-0.2, 0) is 0 Å². The van der Waals surface area contributed by atoms with E-state index in [1.807, 2.05) is 18.5 Å². The highest BCUT2D eigenvalue weighted by atomic mass is 15.3. The normalized spacial score (nSPS) is 28.8. The molecule has 3 heterocycles. The molecule has 2 saturated carbocycles. The maximum absolute atomic E-state index is 8.68. The number of anilines is 1. The molecule has 1 saturated heterocycles. The molecule has 7 heteroatoms. The van der Waals surface area contributed by atoms with E-state index in [4.69, 9.17) is 15.2 Å². The summed E-state index contributed by atoms with van der Waals surface area (Å²) in [4.78, 5) is 24.0. The van der Waals surface area contributed by atoms with E-state index in [0.29, 0.717) is 17.4 Å². The summed E-state index contributed by atoms with van der Waals surface area (Å²) in [6.07, 6.45) is 11.9. The van der Waals surface area contributed by atoms with Crippen LogP contribution in [0.4, 0.5) is 5.69 Å². The lowest BCUT2D eigenvalue weighted by atomic mass is 9.73. The van der Waals surface area contributed by atoms with Crippen molar-refractivity contribution >= 4 is 28.6 Å². The van der Waals surface area contributed by atoms with Gasteiger partial charge in [-0.05, 0) is 56.8 Å². The first-order valence-electron chi connectivity index (χ1n) is 11.5. The van der Waals surface area contributed by atoms with Crippen LogP contribution in [0.25, 0.3) is 11.0 Å². The van der Waals surface area contributed by atoms with Crippen LogP contribution in [-0.4, -0.2) is 65.2 Å². The van der Waals surface area contributed by atoms with Crippen LogP contribution < -0.4 is 4.90 Å². The third kappa shape index (κ3) is 3.39. The lowest BCUT2D eigenvalue weighted by Crippen LogP contribution is -2.53. The van der Waals surface area contributed by atoms with Crippen LogP contribution in [0.5, 0.6) is 0 Å². The molecule has 1 spiro atoms. The Bertz CT molecular complexity index is 1180. The maximum atomic E-state index is 8.68. The van der Waals surface area contributed by atoms with Gasteiger partial charge in [0.25, 0.3) is 0 Å². The Kier molecular flexibility index (Phi) is 4.58. The Hall–Kier alpha value is -3.11. The molecule has 162 valence electrons. The maximum Gasteiger partial charge on any atom is 0.143 e. The fourth-order valence-corrected chi connectivity index (χ4v) is 5.29. The number of rotatable bonds is 4. The van der Waals surface area contributed by atoms with Gasteiger partial charge in [-0.25, -0.2) is 4.98 Å². The molecule has 4 aliphatic rings. The minimum absolute atomic E-state index is 0.0272. The Morgan fingerprint density at radius 1 is 1.19 bits per heavy atom. The Morgan fingerprint density at radius 3 is 2.88 bits per heavy atom. The van der Waals surface area contributed by atoms with Crippen molar-refractivity contribution in [2.75, 3.05) is 31.6 Å². The molecule has 0 radical (unpaired) electrons. The standard InChI is InChI=1S/C25H27N7/c1-31-9-10-32(16-25(31)6-7-25)19-4-5-20-21(13-19)29-22(14-27-20)23-15-28-24(30-23)18-11-17(12-18)3-2-8-26/h2-5,13-15,17-18,24H,6-7,9-12,16H2,1H3/b3-2+. The van der Waals surface area contributed by atoms with E-state index in [-0.39, 0.29) is 6.17 Å². The minimum Gasteiger partial charge on any atom is -0.368 e. The number of piperazine rings is 1. The van der Waals surface area contributed by atoms with Crippen molar-refractivity contribution in [3.8, 4) is 6.07 Å². The van der Waals surface area contributed by atoms with Gasteiger partial charge >= 0.3 is 0 Å². The molecule has 1 atom stereocenters. The Balaban J connectivity index is 1.20. The molecule has 0 bridgehead atoms. The van der Waals surface area contributed by atoms with Crippen LogP contribution in [0.1, 0.15) is 31.4 Å². The average molecular weight is 426 g/mol. The van der Waals surface area contributed by atoms with Crippen LogP contribution in [0.15, 0.2) is 46.5 Å². The number of benzene rings is 1. The lowest BCUT2D eigenvalue weighted by Gasteiger charge is -2.41. The van der Waals surface area contributed by atoms with Crippen molar-refractivity contribution in [3.63, 3.8) is 0 Å². The van der Waals surface area contributed by atoms with Crippen LogP contribution in [0.2, 0.25) is 0 Å². The van der Waals surface area contributed by atoms with Crippen LogP contribution in [0.3, 0.4) is 0 Å². The van der Waals surface area contributed by atoms with Gasteiger partial charge in [0.15, 0.2) is 0 Å². The van der Waals surface area contributed by atoms with E-state index < -0.39 is 0 Å². The second kappa shape index (κ2) is 7.49. The summed E-state index contributed by atoms with van der Waals surface area (Å²) in [6.45, 7) is 3.24. The molecule has 1 aromatic carbocycles. The molecule has 3 fully saturated rings. The van der Waals surface area contributed by atoms with Crippen molar-refractivity contribution in [3.05, 3.63) is 42.2 Å². The van der Waals surface area contributed by atoms with Gasteiger partial charge in [0.05, 0.1) is 29.5 Å². The quantitative estimate of drug-likeness (QED) is 0.703. The average Bonchev–Trinajstić information content (AvgIpc) is 3.39. The first kappa shape index (κ1) is 19.6. The number of aliphatic imine (C=N–C) groups is 2. The third-order valence-electron chi connectivity index (χ3n) is 7.68. The van der Waals surface area contributed by atoms with E-state index in [1.54, 1.807) is 6.08 Å². The lowest BCUT2D eigenvalue weighted by molar-refractivity contribution is 0.199. The topological polar surface area (TPSA) is 80.8 Å². The Morgan fingerprint density at radius 2 is 2.06 bits per heavy atom. The van der Waals surface area contributed by atoms with Gasteiger partial charge in [0.2, 0.25) is 0 Å². The van der Waals surface area contributed by atoms with E-state index in [2.05, 4.69) is 51.1 Å². The van der Waals surface area contributed by atoms with Crippen LogP contribution in [0, 0.1) is 23.2 Å². The molecule has 7 nitrogen and oxygen atoms in total. The number of allylic oxidation sites excluding steroid dienone is 2. The predicted octanol–water partition coefficient (Wildman–Crippen LogP) is 3.22. The Labute approximate surface area is 188 Å². The smallest absolute Gasteiger partial charge is 0.143 e. The number of hydrogen-bond donors (Lipinski definition) is 0. The fourth-order valence-electron chi connectivity index (χ4n) is 5.29. The number of aromatic nitrogens is 2. The molecular weight excluding hydrogens is 398 g/mol. The summed E-state index contributed by atoms with van der Waals surface area (Å²) in [7, 11) is 2.26. The summed E-state index contributed by atoms with van der Waals surface area (Å²) in [5, 5.41) is 8.68. The van der Waals surface area contributed by atoms with Crippen molar-refractivity contribution in [1.82, 2.24) is 14.9 Å². The molecule has 0 N–H and O–H groups in total. The van der Waals surface area contributed by atoms with E-state index in [9.17, 15) is 0 Å². The first-order valence-corrected chi connectivity index (χ1v) is 11.5. The highest BCUT2D eigenvalue weighted by Gasteiger charge is 2.49. The second-order valence-electron chi connectivity index (χ2n) is 9.68. The van der Waals surface area contributed by atoms with Crippen molar-refractivity contribution in [1.29, 1.82) is 5.26 Å². The van der Waals surface area contributed by atoms with Crippen molar-refractivity contribution < 1.29 is 0 Å². The summed E-state index contributed by atoms with van der Waals surface area (Å²) < 4.78 is 0. The zero-order valence-electron chi connectivity index (χ0n) is 18.4. The zero-order chi connectivity index (χ0) is 21.7. The second-order valence-corrected chi connectivity index (χ2v) is 9.68. The first-order chi connectivity index (χ1) is 15.6. The molecule has 2 aliphatic carbocycles. The van der Waals surface area contributed by atoms with Crippen molar-refractivity contribution in [2.45, 2.75) is 37.4 Å². The van der Waals surface area contributed by atoms with Gasteiger partial charge in [0.1, 0.15) is 17.6 Å². The molecule has 32 heavy (non-hydrogen) atoms. The number of nitrogens with zero attached hydrogens (tertiary/aromatic N) is 7. The molecule has 2 aliphatic heterocycles. The van der Waals surface area contributed by atoms with Gasteiger partial charge in [-0.15, -0.1) is 0 Å². The number of fused-ring (bicyclic) bond motifs is 1. The van der Waals surface area contributed by atoms with E-state index >= 15 is 0 Å². The molecule has 1 unspecified atom stereocenters. The summed E-state index contributed by atoms with van der Waals surface area (Å²) >= 11 is 0. The summed E-state index contributed by atoms with van der Waals surface area (Å²) in [5.74, 6) is 0.932. The van der Waals surface area contributed by atoms with E-state index in [0.717, 1.165) is 54.9 Å². The van der Waals surface area contributed by atoms with Gasteiger partial charge in [-0.2, -0.15) is 5.26 Å². The monoisotopic (exact) mass is 425 g/mol. The highest BCUT2D eigenvalue weighted by molar-refractivity contribution is 6.38. The third-order valence-corrected chi connectivity index (χ3v) is 7.68. The zero-order valence-corrected chi connectivity index (χ0v) is 18.4. The SMILES string of the molecule is CN1CCN(c2ccc3ncc(C4=NC(C5CC(/C=C/C#N)C5)N=C4)nc3c2)CC12CC2. The number of nitriles is 1. The number of hydrogen-bond acceptors (Lipinski definition) is 7.